The molecule has 0 aromatic heterocycles. The summed E-state index contributed by atoms with van der Waals surface area (Å²) in [6.45, 7) is 12.5. The zero-order valence-corrected chi connectivity index (χ0v) is 11.8. The number of unbranched alkanes of at least 4 members (excludes halogenated alkanes) is 2. The molecule has 0 aliphatic heterocycles. The second-order valence-corrected chi connectivity index (χ2v) is 5.24. The van der Waals surface area contributed by atoms with E-state index in [1.807, 2.05) is 0 Å². The van der Waals surface area contributed by atoms with Gasteiger partial charge in [0, 0.05) is 6.04 Å². The van der Waals surface area contributed by atoms with Crippen LogP contribution in [0.25, 0.3) is 0 Å². The minimum atomic E-state index is 0.692. The van der Waals surface area contributed by atoms with Gasteiger partial charge in [0.1, 0.15) is 0 Å². The maximum Gasteiger partial charge on any atom is 0.00387 e. The normalized spacial score (nSPS) is 13.3. The van der Waals surface area contributed by atoms with Crippen LogP contribution in [0.5, 0.6) is 0 Å². The van der Waals surface area contributed by atoms with E-state index in [0.29, 0.717) is 6.04 Å². The third-order valence-electron chi connectivity index (χ3n) is 2.96. The van der Waals surface area contributed by atoms with E-state index < -0.39 is 0 Å². The summed E-state index contributed by atoms with van der Waals surface area (Å²) in [6.07, 6.45) is 6.67. The summed E-state index contributed by atoms with van der Waals surface area (Å²) >= 11 is 0. The molecule has 0 saturated carbocycles. The Balaban J connectivity index is 3.14. The quantitative estimate of drug-likeness (QED) is 0.531. The first kappa shape index (κ1) is 15.9. The van der Waals surface area contributed by atoms with Crippen LogP contribution in [-0.4, -0.2) is 25.7 Å². The fraction of sp³-hybridized carbons (Fsp3) is 1.00. The van der Waals surface area contributed by atoms with Crippen molar-refractivity contribution in [2.24, 2.45) is 5.92 Å². The predicted molar refractivity (Wildman–Crippen MR) is 73.9 cm³/mol. The molecule has 16 heavy (non-hydrogen) atoms. The fourth-order valence-electron chi connectivity index (χ4n) is 1.77. The summed E-state index contributed by atoms with van der Waals surface area (Å²) in [4.78, 5) is 0. The molecule has 0 saturated heterocycles. The Bertz CT molecular complexity index is 135. The maximum absolute atomic E-state index is 3.60. The molecule has 0 bridgehead atoms. The SMILES string of the molecule is CCNCCCCCC(C)NCCC(C)C. The molecule has 1 atom stereocenters. The zero-order valence-electron chi connectivity index (χ0n) is 11.8. The Morgan fingerprint density at radius 3 is 2.25 bits per heavy atom. The Morgan fingerprint density at radius 2 is 1.62 bits per heavy atom. The summed E-state index contributed by atoms with van der Waals surface area (Å²) < 4.78 is 0. The van der Waals surface area contributed by atoms with Gasteiger partial charge < -0.3 is 10.6 Å². The number of rotatable bonds is 11. The van der Waals surface area contributed by atoms with E-state index in [0.717, 1.165) is 12.5 Å². The van der Waals surface area contributed by atoms with E-state index in [2.05, 4.69) is 38.3 Å². The van der Waals surface area contributed by atoms with Crippen LogP contribution >= 0.6 is 0 Å². The van der Waals surface area contributed by atoms with Crippen molar-refractivity contribution in [3.8, 4) is 0 Å². The van der Waals surface area contributed by atoms with Crippen molar-refractivity contribution in [1.82, 2.24) is 10.6 Å². The van der Waals surface area contributed by atoms with Crippen molar-refractivity contribution in [1.29, 1.82) is 0 Å². The molecule has 2 N–H and O–H groups in total. The van der Waals surface area contributed by atoms with Crippen LogP contribution in [0.3, 0.4) is 0 Å². The molecule has 98 valence electrons. The van der Waals surface area contributed by atoms with Crippen LogP contribution in [0.15, 0.2) is 0 Å². The molecule has 0 aromatic carbocycles. The molecular weight excluding hydrogens is 196 g/mol. The molecule has 0 aromatic rings. The third-order valence-corrected chi connectivity index (χ3v) is 2.96. The van der Waals surface area contributed by atoms with Crippen molar-refractivity contribution >= 4 is 0 Å². The largest absolute Gasteiger partial charge is 0.317 e. The van der Waals surface area contributed by atoms with E-state index in [-0.39, 0.29) is 0 Å². The average Bonchev–Trinajstić information content (AvgIpc) is 2.22. The molecular formula is C14H32N2. The van der Waals surface area contributed by atoms with Crippen LogP contribution in [-0.2, 0) is 0 Å². The molecule has 0 heterocycles. The first-order valence-electron chi connectivity index (χ1n) is 7.10. The van der Waals surface area contributed by atoms with Crippen LogP contribution < -0.4 is 10.6 Å². The van der Waals surface area contributed by atoms with Gasteiger partial charge in [-0.05, 0) is 51.7 Å². The lowest BCUT2D eigenvalue weighted by atomic mass is 10.1. The fourth-order valence-corrected chi connectivity index (χ4v) is 1.77. The lowest BCUT2D eigenvalue weighted by Crippen LogP contribution is -2.27. The van der Waals surface area contributed by atoms with Gasteiger partial charge in [-0.15, -0.1) is 0 Å². The minimum absolute atomic E-state index is 0.692. The standard InChI is InChI=1S/C14H32N2/c1-5-15-11-8-6-7-9-14(4)16-12-10-13(2)3/h13-16H,5-12H2,1-4H3. The number of hydrogen-bond acceptors (Lipinski definition) is 2. The molecule has 0 amide bonds. The van der Waals surface area contributed by atoms with Gasteiger partial charge in [-0.3, -0.25) is 0 Å². The maximum atomic E-state index is 3.60. The van der Waals surface area contributed by atoms with E-state index >= 15 is 0 Å². The van der Waals surface area contributed by atoms with Gasteiger partial charge in [-0.25, -0.2) is 0 Å². The number of nitrogens with one attached hydrogen (secondary N) is 2. The van der Waals surface area contributed by atoms with Gasteiger partial charge in [0.25, 0.3) is 0 Å². The molecule has 0 rings (SSSR count). The van der Waals surface area contributed by atoms with Crippen molar-refractivity contribution < 1.29 is 0 Å². The lowest BCUT2D eigenvalue weighted by Gasteiger charge is -2.14. The highest BCUT2D eigenvalue weighted by atomic mass is 14.9. The van der Waals surface area contributed by atoms with Gasteiger partial charge in [-0.2, -0.15) is 0 Å². The third kappa shape index (κ3) is 12.0. The van der Waals surface area contributed by atoms with E-state index in [4.69, 9.17) is 0 Å². The molecule has 0 fully saturated rings. The smallest absolute Gasteiger partial charge is 0.00387 e. The minimum Gasteiger partial charge on any atom is -0.317 e. The highest BCUT2D eigenvalue weighted by molar-refractivity contribution is 4.61. The Hall–Kier alpha value is -0.0800. The van der Waals surface area contributed by atoms with E-state index in [9.17, 15) is 0 Å². The van der Waals surface area contributed by atoms with Crippen LogP contribution in [0.1, 0.15) is 59.8 Å². The van der Waals surface area contributed by atoms with Gasteiger partial charge in [0.05, 0.1) is 0 Å². The predicted octanol–water partition coefficient (Wildman–Crippen LogP) is 3.18. The van der Waals surface area contributed by atoms with Crippen molar-refractivity contribution in [3.63, 3.8) is 0 Å². The Morgan fingerprint density at radius 1 is 0.875 bits per heavy atom. The highest BCUT2D eigenvalue weighted by Crippen LogP contribution is 2.04. The second-order valence-electron chi connectivity index (χ2n) is 5.24. The first-order chi connectivity index (χ1) is 7.66. The summed E-state index contributed by atoms with van der Waals surface area (Å²) in [5, 5.41) is 6.97. The molecule has 1 unspecified atom stereocenters. The number of hydrogen-bond donors (Lipinski definition) is 2. The summed E-state index contributed by atoms with van der Waals surface area (Å²) in [5.41, 5.74) is 0. The van der Waals surface area contributed by atoms with Crippen LogP contribution in [0, 0.1) is 5.92 Å². The Labute approximate surface area is 103 Å². The second kappa shape index (κ2) is 11.4. The van der Waals surface area contributed by atoms with Gasteiger partial charge in [0.15, 0.2) is 0 Å². The van der Waals surface area contributed by atoms with Gasteiger partial charge in [-0.1, -0.05) is 33.6 Å². The molecule has 0 radical (unpaired) electrons. The van der Waals surface area contributed by atoms with E-state index in [1.165, 1.54) is 45.2 Å². The van der Waals surface area contributed by atoms with Gasteiger partial charge >= 0.3 is 0 Å². The van der Waals surface area contributed by atoms with Crippen molar-refractivity contribution in [3.05, 3.63) is 0 Å². The first-order valence-corrected chi connectivity index (χ1v) is 7.10. The molecule has 0 spiro atoms. The molecule has 0 aliphatic rings. The van der Waals surface area contributed by atoms with Gasteiger partial charge in [0.2, 0.25) is 0 Å². The van der Waals surface area contributed by atoms with Crippen LogP contribution in [0.4, 0.5) is 0 Å². The Kier molecular flexibility index (Phi) is 11.3. The summed E-state index contributed by atoms with van der Waals surface area (Å²) in [6, 6.07) is 0.692. The highest BCUT2D eigenvalue weighted by Gasteiger charge is 2.01. The zero-order chi connectivity index (χ0) is 12.2. The topological polar surface area (TPSA) is 24.1 Å². The molecule has 0 aliphatic carbocycles. The molecule has 2 nitrogen and oxygen atoms in total. The molecule has 2 heteroatoms. The summed E-state index contributed by atoms with van der Waals surface area (Å²) in [5.74, 6) is 0.819. The monoisotopic (exact) mass is 228 g/mol. The van der Waals surface area contributed by atoms with Crippen LogP contribution in [0.2, 0.25) is 0 Å². The van der Waals surface area contributed by atoms with Crippen molar-refractivity contribution in [2.75, 3.05) is 19.6 Å². The lowest BCUT2D eigenvalue weighted by molar-refractivity contribution is 0.451. The van der Waals surface area contributed by atoms with E-state index in [1.54, 1.807) is 0 Å². The van der Waals surface area contributed by atoms with Crippen molar-refractivity contribution in [2.45, 2.75) is 65.8 Å². The average molecular weight is 228 g/mol. The summed E-state index contributed by atoms with van der Waals surface area (Å²) in [7, 11) is 0.